The molecule has 0 saturated carbocycles. The monoisotopic (exact) mass is 386 g/mol. The molecule has 0 aromatic heterocycles. The van der Waals surface area contributed by atoms with Crippen LogP contribution in [0.25, 0.3) is 10.8 Å². The lowest BCUT2D eigenvalue weighted by molar-refractivity contribution is -0.121. The molecule has 5 heteroatoms. The van der Waals surface area contributed by atoms with Gasteiger partial charge in [-0.2, -0.15) is 0 Å². The minimum Gasteiger partial charge on any atom is -0.487 e. The quantitative estimate of drug-likeness (QED) is 0.733. The molecule has 0 saturated heterocycles. The number of hydrogen-bond donors (Lipinski definition) is 1. The van der Waals surface area contributed by atoms with Crippen LogP contribution in [-0.4, -0.2) is 24.0 Å². The zero-order valence-corrected chi connectivity index (χ0v) is 16.4. The van der Waals surface area contributed by atoms with Gasteiger partial charge < -0.3 is 10.1 Å². The maximum absolute atomic E-state index is 13.0. The van der Waals surface area contributed by atoms with E-state index in [2.05, 4.69) is 5.32 Å². The molecule has 1 atom stereocenters. The van der Waals surface area contributed by atoms with Crippen LogP contribution < -0.4 is 15.0 Å². The molecule has 0 radical (unpaired) electrons. The molecule has 2 amide bonds. The van der Waals surface area contributed by atoms with Crippen molar-refractivity contribution < 1.29 is 14.3 Å². The van der Waals surface area contributed by atoms with Crippen LogP contribution >= 0.6 is 0 Å². The summed E-state index contributed by atoms with van der Waals surface area (Å²) in [6.45, 7) is 4.03. The molecule has 0 spiro atoms. The molecule has 2 aliphatic rings. The Morgan fingerprint density at radius 1 is 1.10 bits per heavy atom. The molecule has 0 unspecified atom stereocenters. The molecular weight excluding hydrogens is 364 g/mol. The van der Waals surface area contributed by atoms with Crippen molar-refractivity contribution in [2.75, 3.05) is 11.4 Å². The van der Waals surface area contributed by atoms with Gasteiger partial charge in [-0.05, 0) is 37.4 Å². The van der Waals surface area contributed by atoms with Crippen molar-refractivity contribution >= 4 is 28.3 Å². The zero-order valence-electron chi connectivity index (χ0n) is 16.4. The van der Waals surface area contributed by atoms with Crippen LogP contribution in [0.15, 0.2) is 60.7 Å². The van der Waals surface area contributed by atoms with Gasteiger partial charge in [-0.1, -0.05) is 42.5 Å². The molecule has 3 aromatic carbocycles. The van der Waals surface area contributed by atoms with Gasteiger partial charge in [0, 0.05) is 22.9 Å². The average molecular weight is 386 g/mol. The Hall–Kier alpha value is -3.34. The molecule has 2 aliphatic heterocycles. The van der Waals surface area contributed by atoms with Crippen molar-refractivity contribution in [2.24, 2.45) is 0 Å². The Bertz CT molecular complexity index is 1150. The van der Waals surface area contributed by atoms with E-state index < -0.39 is 0 Å². The largest absolute Gasteiger partial charge is 0.487 e. The lowest BCUT2D eigenvalue weighted by Gasteiger charge is -2.38. The lowest BCUT2D eigenvalue weighted by atomic mass is 9.89. The van der Waals surface area contributed by atoms with E-state index in [0.29, 0.717) is 12.0 Å². The van der Waals surface area contributed by atoms with Crippen molar-refractivity contribution in [3.05, 3.63) is 71.8 Å². The summed E-state index contributed by atoms with van der Waals surface area (Å²) in [5.41, 5.74) is 2.05. The highest BCUT2D eigenvalue weighted by Gasteiger charge is 2.36. The van der Waals surface area contributed by atoms with E-state index in [9.17, 15) is 9.59 Å². The normalized spacial score (nSPS) is 19.0. The van der Waals surface area contributed by atoms with E-state index in [1.54, 1.807) is 4.90 Å². The highest BCUT2D eigenvalue weighted by Crippen LogP contribution is 2.40. The van der Waals surface area contributed by atoms with Gasteiger partial charge in [-0.15, -0.1) is 0 Å². The first-order valence-electron chi connectivity index (χ1n) is 9.84. The van der Waals surface area contributed by atoms with Gasteiger partial charge in [0.2, 0.25) is 5.91 Å². The first-order chi connectivity index (χ1) is 13.9. The summed E-state index contributed by atoms with van der Waals surface area (Å²) in [5, 5.41) is 5.06. The maximum atomic E-state index is 13.0. The first-order valence-corrected chi connectivity index (χ1v) is 9.84. The molecule has 29 heavy (non-hydrogen) atoms. The number of benzene rings is 3. The Kier molecular flexibility index (Phi) is 3.88. The van der Waals surface area contributed by atoms with E-state index in [-0.39, 0.29) is 30.0 Å². The summed E-state index contributed by atoms with van der Waals surface area (Å²) in [4.78, 5) is 27.5. The van der Waals surface area contributed by atoms with Crippen LogP contribution in [0.1, 0.15) is 42.2 Å². The first kappa shape index (κ1) is 17.7. The van der Waals surface area contributed by atoms with Crippen molar-refractivity contribution in [1.29, 1.82) is 0 Å². The number of nitrogens with zero attached hydrogens (tertiary/aromatic N) is 1. The van der Waals surface area contributed by atoms with Crippen LogP contribution in [0.5, 0.6) is 5.75 Å². The molecule has 0 fully saturated rings. The number of para-hydroxylation sites is 1. The fourth-order valence-corrected chi connectivity index (χ4v) is 4.45. The average Bonchev–Trinajstić information content (AvgIpc) is 2.95. The van der Waals surface area contributed by atoms with Crippen LogP contribution in [-0.2, 0) is 4.79 Å². The number of amides is 2. The summed E-state index contributed by atoms with van der Waals surface area (Å²) in [7, 11) is 0. The molecule has 2 heterocycles. The maximum Gasteiger partial charge on any atom is 0.259 e. The number of carbonyl (C=O) groups is 2. The fraction of sp³-hybridized carbons (Fsp3) is 0.250. The summed E-state index contributed by atoms with van der Waals surface area (Å²) >= 11 is 0. The summed E-state index contributed by atoms with van der Waals surface area (Å²) in [6, 6.07) is 19.1. The Labute approximate surface area is 169 Å². The second kappa shape index (κ2) is 6.34. The van der Waals surface area contributed by atoms with Gasteiger partial charge in [0.1, 0.15) is 17.9 Å². The van der Waals surface area contributed by atoms with Gasteiger partial charge in [0.15, 0.2) is 0 Å². The van der Waals surface area contributed by atoms with E-state index in [0.717, 1.165) is 27.8 Å². The second-order valence-corrected chi connectivity index (χ2v) is 8.30. The summed E-state index contributed by atoms with van der Waals surface area (Å²) in [6.07, 6.45) is 0.666. The van der Waals surface area contributed by atoms with E-state index in [1.807, 2.05) is 74.5 Å². The number of hydrogen-bond acceptors (Lipinski definition) is 3. The highest BCUT2D eigenvalue weighted by molar-refractivity contribution is 6.26. The summed E-state index contributed by atoms with van der Waals surface area (Å²) in [5.74, 6) is 0.490. The molecule has 3 aromatic rings. The molecule has 5 rings (SSSR count). The fourth-order valence-electron chi connectivity index (χ4n) is 4.45. The van der Waals surface area contributed by atoms with Gasteiger partial charge in [-0.3, -0.25) is 14.5 Å². The van der Waals surface area contributed by atoms with Crippen LogP contribution in [0.4, 0.5) is 5.69 Å². The standard InChI is InChI=1S/C24H22N2O3/c1-24(2)13-18(16-9-3-4-12-20(16)29-24)25-21(27)14-26-19-11-6-8-15-7-5-10-17(22(15)19)23(26)28/h3-12,18H,13-14H2,1-2H3,(H,25,27)/t18-/m0/s1. The highest BCUT2D eigenvalue weighted by atomic mass is 16.5. The third-order valence-corrected chi connectivity index (χ3v) is 5.66. The smallest absolute Gasteiger partial charge is 0.259 e. The van der Waals surface area contributed by atoms with Crippen molar-refractivity contribution in [2.45, 2.75) is 31.9 Å². The van der Waals surface area contributed by atoms with Crippen LogP contribution in [0, 0.1) is 0 Å². The molecule has 0 bridgehead atoms. The number of anilines is 1. The van der Waals surface area contributed by atoms with E-state index in [4.69, 9.17) is 4.74 Å². The van der Waals surface area contributed by atoms with Gasteiger partial charge in [-0.25, -0.2) is 0 Å². The summed E-state index contributed by atoms with van der Waals surface area (Å²) < 4.78 is 6.05. The Morgan fingerprint density at radius 2 is 1.86 bits per heavy atom. The number of carbonyl (C=O) groups excluding carboxylic acids is 2. The number of nitrogens with one attached hydrogen (secondary N) is 1. The van der Waals surface area contributed by atoms with Crippen molar-refractivity contribution in [1.82, 2.24) is 5.32 Å². The van der Waals surface area contributed by atoms with Crippen molar-refractivity contribution in [3.63, 3.8) is 0 Å². The minimum absolute atomic E-state index is 0.00736. The third-order valence-electron chi connectivity index (χ3n) is 5.66. The van der Waals surface area contributed by atoms with E-state index in [1.165, 1.54) is 0 Å². The molecular formula is C24H22N2O3. The molecule has 146 valence electrons. The molecule has 1 N–H and O–H groups in total. The topological polar surface area (TPSA) is 58.6 Å². The lowest BCUT2D eigenvalue weighted by Crippen LogP contribution is -2.45. The Balaban J connectivity index is 1.40. The number of rotatable bonds is 3. The van der Waals surface area contributed by atoms with Crippen molar-refractivity contribution in [3.8, 4) is 5.75 Å². The minimum atomic E-state index is -0.377. The molecule has 0 aliphatic carbocycles. The van der Waals surface area contributed by atoms with Gasteiger partial charge >= 0.3 is 0 Å². The van der Waals surface area contributed by atoms with Crippen LogP contribution in [0.3, 0.4) is 0 Å². The molecule has 5 nitrogen and oxygen atoms in total. The number of fused-ring (bicyclic) bond motifs is 1. The SMILES string of the molecule is CC1(C)C[C@H](NC(=O)CN2C(=O)c3cccc4cccc2c34)c2ccccc2O1. The second-order valence-electron chi connectivity index (χ2n) is 8.30. The third kappa shape index (κ3) is 2.94. The number of ether oxygens (including phenoxy) is 1. The van der Waals surface area contributed by atoms with Gasteiger partial charge in [0.05, 0.1) is 11.7 Å². The van der Waals surface area contributed by atoms with Gasteiger partial charge in [0.25, 0.3) is 5.91 Å². The van der Waals surface area contributed by atoms with Crippen LogP contribution in [0.2, 0.25) is 0 Å². The predicted octanol–water partition coefficient (Wildman–Crippen LogP) is 4.22. The zero-order chi connectivity index (χ0) is 20.2. The van der Waals surface area contributed by atoms with E-state index >= 15 is 0 Å². The predicted molar refractivity (Wildman–Crippen MR) is 112 cm³/mol. The Morgan fingerprint density at radius 3 is 2.69 bits per heavy atom.